The van der Waals surface area contributed by atoms with Crippen LogP contribution in [0.4, 0.5) is 0 Å². The van der Waals surface area contributed by atoms with Crippen LogP contribution in [0.1, 0.15) is 40.0 Å². The van der Waals surface area contributed by atoms with Crippen LogP contribution in [0.2, 0.25) is 0 Å². The Bertz CT molecular complexity index is 154. The number of hydrogen-bond donors (Lipinski definition) is 1. The topological polar surface area (TPSA) is 38.3 Å². The predicted molar refractivity (Wildman–Crippen MR) is 53.5 cm³/mol. The van der Waals surface area contributed by atoms with Gasteiger partial charge in [-0.3, -0.25) is 4.79 Å². The largest absolute Gasteiger partial charge is 0.460 e. The van der Waals surface area contributed by atoms with Gasteiger partial charge in [-0.2, -0.15) is 0 Å². The van der Waals surface area contributed by atoms with Crippen molar-refractivity contribution in [1.29, 1.82) is 0 Å². The number of ether oxygens (including phenoxy) is 1. The van der Waals surface area contributed by atoms with Crippen LogP contribution in [0.15, 0.2) is 0 Å². The highest BCUT2D eigenvalue weighted by Gasteiger charge is 2.15. The Morgan fingerprint density at radius 1 is 1.38 bits per heavy atom. The molecule has 0 aromatic carbocycles. The van der Waals surface area contributed by atoms with Gasteiger partial charge in [0.15, 0.2) is 7.98 Å². The molecule has 0 bridgehead atoms. The monoisotopic (exact) mass is 183 g/mol. The molecule has 0 fully saturated rings. The SMILES string of the molecule is [B]NCCCCC(=O)OC(C)(C)C. The second-order valence-electron chi connectivity index (χ2n) is 4.00. The number of rotatable bonds is 5. The van der Waals surface area contributed by atoms with Crippen LogP contribution >= 0.6 is 0 Å². The van der Waals surface area contributed by atoms with Crippen LogP contribution in [0, 0.1) is 0 Å². The summed E-state index contributed by atoms with van der Waals surface area (Å²) in [6.45, 7) is 6.34. The molecule has 0 aliphatic rings. The first-order valence-corrected chi connectivity index (χ1v) is 4.61. The van der Waals surface area contributed by atoms with Crippen molar-refractivity contribution in [3.63, 3.8) is 0 Å². The second kappa shape index (κ2) is 6.03. The van der Waals surface area contributed by atoms with E-state index in [0.29, 0.717) is 6.42 Å². The molecule has 3 nitrogen and oxygen atoms in total. The fraction of sp³-hybridized carbons (Fsp3) is 0.889. The van der Waals surface area contributed by atoms with Gasteiger partial charge in [-0.1, -0.05) is 0 Å². The lowest BCUT2D eigenvalue weighted by Gasteiger charge is -2.19. The van der Waals surface area contributed by atoms with E-state index in [0.717, 1.165) is 19.4 Å². The van der Waals surface area contributed by atoms with Gasteiger partial charge in [-0.15, -0.1) is 0 Å². The van der Waals surface area contributed by atoms with Crippen molar-refractivity contribution in [1.82, 2.24) is 5.23 Å². The first-order valence-electron chi connectivity index (χ1n) is 4.61. The maximum Gasteiger partial charge on any atom is 0.306 e. The van der Waals surface area contributed by atoms with E-state index in [1.54, 1.807) is 0 Å². The van der Waals surface area contributed by atoms with Crippen LogP contribution in [-0.4, -0.2) is 26.1 Å². The number of esters is 1. The van der Waals surface area contributed by atoms with Crippen molar-refractivity contribution >= 4 is 14.0 Å². The lowest BCUT2D eigenvalue weighted by Crippen LogP contribution is -2.23. The summed E-state index contributed by atoms with van der Waals surface area (Å²) in [4.78, 5) is 11.1. The quantitative estimate of drug-likeness (QED) is 0.395. The van der Waals surface area contributed by atoms with E-state index in [9.17, 15) is 4.79 Å². The summed E-state index contributed by atoms with van der Waals surface area (Å²) >= 11 is 0. The van der Waals surface area contributed by atoms with E-state index in [1.807, 2.05) is 20.8 Å². The lowest BCUT2D eigenvalue weighted by atomic mass is 10.2. The van der Waals surface area contributed by atoms with Crippen LogP contribution < -0.4 is 5.23 Å². The summed E-state index contributed by atoms with van der Waals surface area (Å²) in [6.07, 6.45) is 2.19. The Morgan fingerprint density at radius 3 is 2.46 bits per heavy atom. The number of carbonyl (C=O) groups is 1. The molecule has 4 heteroatoms. The number of carbonyl (C=O) groups excluding carboxylic acids is 1. The molecule has 0 amide bonds. The minimum atomic E-state index is -0.372. The van der Waals surface area contributed by atoms with Gasteiger partial charge >= 0.3 is 5.97 Å². The Labute approximate surface area is 81.7 Å². The average molecular weight is 183 g/mol. The van der Waals surface area contributed by atoms with Crippen LogP contribution in [-0.2, 0) is 9.53 Å². The summed E-state index contributed by atoms with van der Waals surface area (Å²) < 4.78 is 5.13. The molecule has 0 aromatic heterocycles. The van der Waals surface area contributed by atoms with Gasteiger partial charge in [0, 0.05) is 6.42 Å². The van der Waals surface area contributed by atoms with Gasteiger partial charge in [-0.05, 0) is 40.2 Å². The van der Waals surface area contributed by atoms with Gasteiger partial charge in [0.1, 0.15) is 5.60 Å². The van der Waals surface area contributed by atoms with Crippen molar-refractivity contribution in [3.8, 4) is 0 Å². The molecule has 0 aliphatic heterocycles. The van der Waals surface area contributed by atoms with Gasteiger partial charge in [0.2, 0.25) is 0 Å². The van der Waals surface area contributed by atoms with Crippen molar-refractivity contribution in [2.75, 3.05) is 6.54 Å². The first kappa shape index (κ1) is 12.5. The van der Waals surface area contributed by atoms with E-state index < -0.39 is 0 Å². The molecule has 0 saturated carbocycles. The van der Waals surface area contributed by atoms with E-state index in [2.05, 4.69) is 5.23 Å². The van der Waals surface area contributed by atoms with E-state index in [-0.39, 0.29) is 11.6 Å². The second-order valence-corrected chi connectivity index (χ2v) is 4.00. The van der Waals surface area contributed by atoms with Gasteiger partial charge in [-0.25, -0.2) is 0 Å². The molecule has 0 atom stereocenters. The molecule has 0 unspecified atom stereocenters. The van der Waals surface area contributed by atoms with Gasteiger partial charge < -0.3 is 9.96 Å². The highest BCUT2D eigenvalue weighted by Crippen LogP contribution is 2.09. The summed E-state index contributed by atoms with van der Waals surface area (Å²) in [7, 11) is 5.08. The molecular weight excluding hydrogens is 165 g/mol. The average Bonchev–Trinajstić information content (AvgIpc) is 1.94. The molecule has 0 aliphatic carbocycles. The fourth-order valence-electron chi connectivity index (χ4n) is 0.889. The molecule has 0 saturated heterocycles. The standard InChI is InChI=1S/C9H18BNO2/c1-9(2,3)13-8(12)6-4-5-7-11-10/h11H,4-7H2,1-3H3. The van der Waals surface area contributed by atoms with Crippen molar-refractivity contribution in [2.24, 2.45) is 0 Å². The zero-order chi connectivity index (χ0) is 10.3. The third-order valence-electron chi connectivity index (χ3n) is 1.37. The summed E-state index contributed by atoms with van der Waals surface area (Å²) in [5.41, 5.74) is -0.372. The molecular formula is C9H18BNO2. The maximum atomic E-state index is 11.1. The molecule has 0 spiro atoms. The van der Waals surface area contributed by atoms with E-state index in [1.165, 1.54) is 0 Å². The van der Waals surface area contributed by atoms with Crippen LogP contribution in [0.5, 0.6) is 0 Å². The minimum Gasteiger partial charge on any atom is -0.460 e. The molecule has 0 rings (SSSR count). The van der Waals surface area contributed by atoms with Crippen molar-refractivity contribution < 1.29 is 9.53 Å². The first-order chi connectivity index (χ1) is 5.95. The summed E-state index contributed by atoms with van der Waals surface area (Å²) in [5, 5.41) is 2.54. The third-order valence-corrected chi connectivity index (χ3v) is 1.37. The summed E-state index contributed by atoms with van der Waals surface area (Å²) in [5.74, 6) is -0.135. The smallest absolute Gasteiger partial charge is 0.306 e. The van der Waals surface area contributed by atoms with Gasteiger partial charge in [0.05, 0.1) is 0 Å². The Kier molecular flexibility index (Phi) is 5.79. The van der Waals surface area contributed by atoms with E-state index >= 15 is 0 Å². The normalized spacial score (nSPS) is 11.3. The molecule has 1 N–H and O–H groups in total. The molecule has 2 radical (unpaired) electrons. The van der Waals surface area contributed by atoms with Crippen molar-refractivity contribution in [2.45, 2.75) is 45.6 Å². The zero-order valence-electron chi connectivity index (χ0n) is 8.72. The molecule has 74 valence electrons. The molecule has 13 heavy (non-hydrogen) atoms. The Hall–Kier alpha value is -0.505. The van der Waals surface area contributed by atoms with E-state index in [4.69, 9.17) is 12.7 Å². The zero-order valence-corrected chi connectivity index (χ0v) is 8.72. The Morgan fingerprint density at radius 2 is 2.00 bits per heavy atom. The van der Waals surface area contributed by atoms with Crippen LogP contribution in [0.3, 0.4) is 0 Å². The highest BCUT2D eigenvalue weighted by atomic mass is 16.6. The maximum absolute atomic E-state index is 11.1. The lowest BCUT2D eigenvalue weighted by molar-refractivity contribution is -0.154. The number of unbranched alkanes of at least 4 members (excludes halogenated alkanes) is 1. The predicted octanol–water partition coefficient (Wildman–Crippen LogP) is 1.17. The fourth-order valence-corrected chi connectivity index (χ4v) is 0.889. The Balaban J connectivity index is 3.41. The van der Waals surface area contributed by atoms with Crippen molar-refractivity contribution in [3.05, 3.63) is 0 Å². The molecule has 0 heterocycles. The third kappa shape index (κ3) is 9.41. The summed E-state index contributed by atoms with van der Waals surface area (Å²) in [6, 6.07) is 0. The highest BCUT2D eigenvalue weighted by molar-refractivity contribution is 6.04. The number of nitrogens with one attached hydrogen (secondary N) is 1. The number of hydrogen-bond acceptors (Lipinski definition) is 3. The minimum absolute atomic E-state index is 0.135. The van der Waals surface area contributed by atoms with Crippen LogP contribution in [0.25, 0.3) is 0 Å². The molecule has 0 aromatic rings. The van der Waals surface area contributed by atoms with Gasteiger partial charge in [0.25, 0.3) is 0 Å².